The van der Waals surface area contributed by atoms with Crippen LogP contribution in [0.5, 0.6) is 11.5 Å². The lowest BCUT2D eigenvalue weighted by molar-refractivity contribution is -0.126. The fraction of sp³-hybridized carbons (Fsp3) is 0.611. The van der Waals surface area contributed by atoms with Crippen molar-refractivity contribution >= 4 is 5.91 Å². The van der Waals surface area contributed by atoms with Crippen LogP contribution in [0.3, 0.4) is 0 Å². The molecule has 0 aromatic heterocycles. The number of aliphatic hydroxyl groups excluding tert-OH is 1. The summed E-state index contributed by atoms with van der Waals surface area (Å²) in [5.74, 6) is 0.540. The molecule has 0 radical (unpaired) electrons. The van der Waals surface area contributed by atoms with Gasteiger partial charge in [0.1, 0.15) is 0 Å². The zero-order valence-electron chi connectivity index (χ0n) is 14.4. The van der Waals surface area contributed by atoms with Crippen LogP contribution >= 0.6 is 0 Å². The Morgan fingerprint density at radius 1 is 1.50 bits per heavy atom. The van der Waals surface area contributed by atoms with Gasteiger partial charge in [-0.2, -0.15) is 0 Å². The smallest absolute Gasteiger partial charge is 0.223 e. The normalized spacial score (nSPS) is 22.0. The first-order valence-electron chi connectivity index (χ1n) is 8.51. The Hall–Kier alpha value is -1.79. The van der Waals surface area contributed by atoms with Crippen LogP contribution in [-0.4, -0.2) is 49.0 Å². The molecule has 1 amide bonds. The highest BCUT2D eigenvalue weighted by Gasteiger charge is 2.25. The van der Waals surface area contributed by atoms with E-state index in [2.05, 4.69) is 17.6 Å². The zero-order valence-corrected chi connectivity index (χ0v) is 14.4. The van der Waals surface area contributed by atoms with E-state index in [1.54, 1.807) is 12.1 Å². The molecular formula is C18H28N2O4. The Bertz CT molecular complexity index is 550. The summed E-state index contributed by atoms with van der Waals surface area (Å²) in [6.45, 7) is 3.37. The lowest BCUT2D eigenvalue weighted by Gasteiger charge is -2.27. The summed E-state index contributed by atoms with van der Waals surface area (Å²) in [6, 6.07) is 5.56. The lowest BCUT2D eigenvalue weighted by Crippen LogP contribution is -2.43. The van der Waals surface area contributed by atoms with Gasteiger partial charge in [0.05, 0.1) is 7.11 Å². The molecular weight excluding hydrogens is 308 g/mol. The number of nitrogens with one attached hydrogen (secondary N) is 2. The molecule has 1 aliphatic heterocycles. The maximum absolute atomic E-state index is 12.3. The Balaban J connectivity index is 1.85. The van der Waals surface area contributed by atoms with Crippen molar-refractivity contribution in [2.24, 2.45) is 11.8 Å². The minimum atomic E-state index is -0.0825. The van der Waals surface area contributed by atoms with Gasteiger partial charge in [-0.25, -0.2) is 0 Å². The highest BCUT2D eigenvalue weighted by molar-refractivity contribution is 5.78. The quantitative estimate of drug-likeness (QED) is 0.598. The Morgan fingerprint density at radius 2 is 2.29 bits per heavy atom. The number of benzene rings is 1. The molecule has 1 fully saturated rings. The van der Waals surface area contributed by atoms with E-state index >= 15 is 0 Å². The molecule has 0 saturated carbocycles. The second-order valence-corrected chi connectivity index (χ2v) is 6.58. The first-order valence-corrected chi connectivity index (χ1v) is 8.51. The molecule has 2 rings (SSSR count). The third kappa shape index (κ3) is 5.11. The number of rotatable bonds is 7. The van der Waals surface area contributed by atoms with Crippen LogP contribution in [0, 0.1) is 11.8 Å². The predicted molar refractivity (Wildman–Crippen MR) is 92.1 cm³/mol. The number of carbonyl (C=O) groups excluding carboxylic acids is 1. The summed E-state index contributed by atoms with van der Waals surface area (Å²) in [5, 5.41) is 25.7. The van der Waals surface area contributed by atoms with Crippen molar-refractivity contribution < 1.29 is 19.7 Å². The van der Waals surface area contributed by atoms with E-state index in [-0.39, 0.29) is 30.1 Å². The third-order valence-electron chi connectivity index (χ3n) is 4.59. The van der Waals surface area contributed by atoms with Crippen molar-refractivity contribution in [3.8, 4) is 11.5 Å². The van der Waals surface area contributed by atoms with Gasteiger partial charge in [0.25, 0.3) is 0 Å². The molecule has 1 unspecified atom stereocenters. The standard InChI is InChI=1S/C18H28N2O4/c1-12-7-15(5-6-19-12)18(23)20-10-14(11-21)8-13-3-4-17(24-2)16(22)9-13/h3-4,9,12,14-15,19,21-22H,5-8,10-11H2,1-2H3,(H,20,23)/t12-,14?,15-/m0/s1. The van der Waals surface area contributed by atoms with E-state index in [1.165, 1.54) is 7.11 Å². The summed E-state index contributed by atoms with van der Waals surface area (Å²) >= 11 is 0. The minimum Gasteiger partial charge on any atom is -0.504 e. The van der Waals surface area contributed by atoms with Gasteiger partial charge in [-0.3, -0.25) is 4.79 Å². The van der Waals surface area contributed by atoms with Crippen molar-refractivity contribution in [3.05, 3.63) is 23.8 Å². The average molecular weight is 336 g/mol. The summed E-state index contributed by atoms with van der Waals surface area (Å²) < 4.78 is 5.02. The van der Waals surface area contributed by atoms with Crippen molar-refractivity contribution in [1.82, 2.24) is 10.6 Å². The second kappa shape index (κ2) is 8.89. The van der Waals surface area contributed by atoms with Gasteiger partial charge in [0, 0.05) is 31.0 Å². The Kier molecular flexibility index (Phi) is 6.87. The summed E-state index contributed by atoms with van der Waals surface area (Å²) in [5.41, 5.74) is 0.900. The number of hydrogen-bond donors (Lipinski definition) is 4. The molecule has 0 aliphatic carbocycles. The average Bonchev–Trinajstić information content (AvgIpc) is 2.58. The van der Waals surface area contributed by atoms with Crippen molar-refractivity contribution in [3.63, 3.8) is 0 Å². The van der Waals surface area contributed by atoms with Gasteiger partial charge in [-0.15, -0.1) is 0 Å². The highest BCUT2D eigenvalue weighted by Crippen LogP contribution is 2.27. The first-order chi connectivity index (χ1) is 11.5. The molecule has 0 spiro atoms. The van der Waals surface area contributed by atoms with Crippen LogP contribution in [0.25, 0.3) is 0 Å². The maximum atomic E-state index is 12.3. The monoisotopic (exact) mass is 336 g/mol. The maximum Gasteiger partial charge on any atom is 0.223 e. The summed E-state index contributed by atoms with van der Waals surface area (Å²) in [6.07, 6.45) is 2.28. The molecule has 1 aliphatic rings. The fourth-order valence-corrected chi connectivity index (χ4v) is 3.16. The topological polar surface area (TPSA) is 90.8 Å². The van der Waals surface area contributed by atoms with E-state index in [1.807, 2.05) is 6.07 Å². The number of methoxy groups -OCH3 is 1. The van der Waals surface area contributed by atoms with E-state index in [0.717, 1.165) is 24.9 Å². The van der Waals surface area contributed by atoms with Crippen LogP contribution in [0.2, 0.25) is 0 Å². The van der Waals surface area contributed by atoms with E-state index in [4.69, 9.17) is 4.74 Å². The molecule has 0 bridgehead atoms. The Labute approximate surface area is 143 Å². The molecule has 1 saturated heterocycles. The number of amides is 1. The van der Waals surface area contributed by atoms with Gasteiger partial charge >= 0.3 is 0 Å². The number of hydrogen-bond acceptors (Lipinski definition) is 5. The van der Waals surface area contributed by atoms with E-state index in [0.29, 0.717) is 24.8 Å². The number of phenols is 1. The van der Waals surface area contributed by atoms with Crippen LogP contribution < -0.4 is 15.4 Å². The SMILES string of the molecule is COc1ccc(CC(CO)CNC(=O)[C@H]2CCN[C@@H](C)C2)cc1O. The second-order valence-electron chi connectivity index (χ2n) is 6.58. The largest absolute Gasteiger partial charge is 0.504 e. The summed E-state index contributed by atoms with van der Waals surface area (Å²) in [7, 11) is 1.50. The molecule has 1 aromatic rings. The zero-order chi connectivity index (χ0) is 17.5. The van der Waals surface area contributed by atoms with Gasteiger partial charge in [0.15, 0.2) is 11.5 Å². The molecule has 3 atom stereocenters. The van der Waals surface area contributed by atoms with Crippen molar-refractivity contribution in [1.29, 1.82) is 0 Å². The lowest BCUT2D eigenvalue weighted by atomic mass is 9.92. The molecule has 1 aromatic carbocycles. The van der Waals surface area contributed by atoms with Crippen molar-refractivity contribution in [2.75, 3.05) is 26.8 Å². The van der Waals surface area contributed by atoms with Crippen LogP contribution in [0.15, 0.2) is 18.2 Å². The van der Waals surface area contributed by atoms with E-state index in [9.17, 15) is 15.0 Å². The molecule has 6 heteroatoms. The molecule has 6 nitrogen and oxygen atoms in total. The van der Waals surface area contributed by atoms with Crippen LogP contribution in [-0.2, 0) is 11.2 Å². The Morgan fingerprint density at radius 3 is 2.92 bits per heavy atom. The van der Waals surface area contributed by atoms with Crippen LogP contribution in [0.1, 0.15) is 25.3 Å². The van der Waals surface area contributed by atoms with E-state index < -0.39 is 0 Å². The van der Waals surface area contributed by atoms with Gasteiger partial charge in [-0.1, -0.05) is 6.07 Å². The summed E-state index contributed by atoms with van der Waals surface area (Å²) in [4.78, 5) is 12.3. The molecule has 4 N–H and O–H groups in total. The van der Waals surface area contributed by atoms with Crippen molar-refractivity contribution in [2.45, 2.75) is 32.2 Å². The third-order valence-corrected chi connectivity index (χ3v) is 4.59. The molecule has 1 heterocycles. The number of phenolic OH excluding ortho intramolecular Hbond substituents is 1. The molecule has 134 valence electrons. The number of carbonyl (C=O) groups is 1. The van der Waals surface area contributed by atoms with Crippen LogP contribution in [0.4, 0.5) is 0 Å². The minimum absolute atomic E-state index is 0.0182. The first kappa shape index (κ1) is 18.5. The number of aromatic hydroxyl groups is 1. The highest BCUT2D eigenvalue weighted by atomic mass is 16.5. The van der Waals surface area contributed by atoms with Gasteiger partial charge in [0.2, 0.25) is 5.91 Å². The fourth-order valence-electron chi connectivity index (χ4n) is 3.16. The van der Waals surface area contributed by atoms with Gasteiger partial charge in [-0.05, 0) is 50.4 Å². The molecule has 24 heavy (non-hydrogen) atoms. The number of piperidine rings is 1. The number of ether oxygens (including phenoxy) is 1. The number of aliphatic hydroxyl groups is 1. The van der Waals surface area contributed by atoms with Gasteiger partial charge < -0.3 is 25.6 Å². The predicted octanol–water partition coefficient (Wildman–Crippen LogP) is 1.06.